The van der Waals surface area contributed by atoms with E-state index in [0.717, 1.165) is 37.7 Å². The lowest BCUT2D eigenvalue weighted by Gasteiger charge is -2.18. The smallest absolute Gasteiger partial charge is 0.231 e. The summed E-state index contributed by atoms with van der Waals surface area (Å²) in [6.45, 7) is 3.13. The molecule has 0 radical (unpaired) electrons. The number of carbonyl (C=O) groups excluding carboxylic acids is 2. The van der Waals surface area contributed by atoms with Gasteiger partial charge in [0.1, 0.15) is 5.70 Å². The van der Waals surface area contributed by atoms with Gasteiger partial charge >= 0.3 is 0 Å². The fourth-order valence-electron chi connectivity index (χ4n) is 2.66. The van der Waals surface area contributed by atoms with Crippen LogP contribution in [0.1, 0.15) is 5.82 Å². The molecule has 2 aromatic heterocycles. The number of carbonyl (C=O) groups is 2. The van der Waals surface area contributed by atoms with E-state index < -0.39 is 0 Å². The van der Waals surface area contributed by atoms with E-state index in [9.17, 15) is 9.59 Å². The van der Waals surface area contributed by atoms with Crippen molar-refractivity contribution >= 4 is 28.7 Å². The molecule has 4 heterocycles. The lowest BCUT2D eigenvalue weighted by Crippen LogP contribution is -2.26. The Morgan fingerprint density at radius 1 is 1.08 bits per heavy atom. The van der Waals surface area contributed by atoms with Crippen molar-refractivity contribution in [3.05, 3.63) is 35.7 Å². The third-order valence-electron chi connectivity index (χ3n) is 4.01. The molecule has 0 aromatic carbocycles. The monoisotopic (exact) mass is 341 g/mol. The summed E-state index contributed by atoms with van der Waals surface area (Å²) in [7, 11) is 0. The second-order valence-electron chi connectivity index (χ2n) is 5.67. The Kier molecular flexibility index (Phi) is 2.71. The van der Waals surface area contributed by atoms with Gasteiger partial charge in [0, 0.05) is 43.8 Å². The molecule has 120 valence electrons. The summed E-state index contributed by atoms with van der Waals surface area (Å²) in [5, 5.41) is 8.12. The van der Waals surface area contributed by atoms with E-state index in [4.69, 9.17) is 0 Å². The maximum atomic E-state index is 12.9. The number of rotatable bonds is 4. The highest BCUT2D eigenvalue weighted by Crippen LogP contribution is 2.34. The maximum absolute atomic E-state index is 12.9. The van der Waals surface area contributed by atoms with Gasteiger partial charge in [0.25, 0.3) is 0 Å². The Morgan fingerprint density at radius 2 is 1.88 bits per heavy atom. The fraction of sp³-hybridized carbons (Fsp3) is 0.286. The van der Waals surface area contributed by atoms with Crippen LogP contribution in [-0.2, 0) is 9.59 Å². The van der Waals surface area contributed by atoms with Crippen molar-refractivity contribution in [2.75, 3.05) is 26.2 Å². The number of nitrogens with zero attached hydrogens (tertiary/aromatic N) is 7. The third kappa shape index (κ3) is 2.07. The van der Waals surface area contributed by atoms with Crippen LogP contribution >= 0.6 is 11.5 Å². The second-order valence-corrected chi connectivity index (χ2v) is 6.40. The van der Waals surface area contributed by atoms with E-state index in [2.05, 4.69) is 19.7 Å². The van der Waals surface area contributed by atoms with Gasteiger partial charge in [0.2, 0.25) is 16.7 Å². The molecule has 24 heavy (non-hydrogen) atoms. The van der Waals surface area contributed by atoms with Crippen molar-refractivity contribution in [3.63, 3.8) is 0 Å². The fourth-order valence-corrected chi connectivity index (χ4v) is 3.27. The standard InChI is InChI=1S/C14H11N7O2S/c22-9-7-8(19-3-4-19)12(23)10(11(9)20-5-6-20)13-16-14(24-17-13)21-2-1-15-18-21/h1-2,7H,3-6H2. The predicted octanol–water partition coefficient (Wildman–Crippen LogP) is -0.503. The first-order valence-corrected chi connectivity index (χ1v) is 8.25. The maximum Gasteiger partial charge on any atom is 0.231 e. The van der Waals surface area contributed by atoms with Crippen LogP contribution in [0.3, 0.4) is 0 Å². The highest BCUT2D eigenvalue weighted by atomic mass is 32.1. The number of hydrogen-bond donors (Lipinski definition) is 0. The van der Waals surface area contributed by atoms with Crippen LogP contribution < -0.4 is 0 Å². The molecule has 2 fully saturated rings. The quantitative estimate of drug-likeness (QED) is 0.542. The average molecular weight is 341 g/mol. The highest BCUT2D eigenvalue weighted by molar-refractivity contribution is 7.08. The summed E-state index contributed by atoms with van der Waals surface area (Å²) >= 11 is 1.11. The lowest BCUT2D eigenvalue weighted by molar-refractivity contribution is -0.115. The van der Waals surface area contributed by atoms with Crippen LogP contribution in [-0.4, -0.2) is 71.9 Å². The molecule has 0 unspecified atom stereocenters. The van der Waals surface area contributed by atoms with Gasteiger partial charge in [-0.2, -0.15) is 14.0 Å². The van der Waals surface area contributed by atoms with Crippen LogP contribution in [0.15, 0.2) is 29.9 Å². The van der Waals surface area contributed by atoms with Gasteiger partial charge in [0.05, 0.1) is 23.7 Å². The molecule has 0 atom stereocenters. The van der Waals surface area contributed by atoms with Gasteiger partial charge in [-0.15, -0.1) is 5.10 Å². The largest absolute Gasteiger partial charge is 0.365 e. The molecule has 5 rings (SSSR count). The van der Waals surface area contributed by atoms with Crippen molar-refractivity contribution in [2.45, 2.75) is 0 Å². The number of ketones is 2. The van der Waals surface area contributed by atoms with Crippen molar-refractivity contribution < 1.29 is 9.59 Å². The highest BCUT2D eigenvalue weighted by Gasteiger charge is 2.41. The number of hydrogen-bond acceptors (Lipinski definition) is 9. The van der Waals surface area contributed by atoms with Crippen LogP contribution in [0.25, 0.3) is 10.7 Å². The molecular weight excluding hydrogens is 330 g/mol. The number of allylic oxidation sites excluding steroid dienone is 2. The Morgan fingerprint density at radius 3 is 2.54 bits per heavy atom. The van der Waals surface area contributed by atoms with E-state index in [0.29, 0.717) is 22.1 Å². The van der Waals surface area contributed by atoms with E-state index in [1.54, 1.807) is 6.20 Å². The molecule has 3 aliphatic rings. The lowest BCUT2D eigenvalue weighted by atomic mass is 9.96. The summed E-state index contributed by atoms with van der Waals surface area (Å²) in [5.74, 6) is -0.0590. The summed E-state index contributed by atoms with van der Waals surface area (Å²) in [6, 6.07) is 0. The third-order valence-corrected chi connectivity index (χ3v) is 4.71. The summed E-state index contributed by atoms with van der Waals surface area (Å²) in [6.07, 6.45) is 4.63. The molecule has 2 aliphatic heterocycles. The van der Waals surface area contributed by atoms with Crippen molar-refractivity contribution in [3.8, 4) is 5.13 Å². The Bertz CT molecular complexity index is 919. The van der Waals surface area contributed by atoms with Crippen LogP contribution in [0, 0.1) is 0 Å². The van der Waals surface area contributed by atoms with Crippen LogP contribution in [0.4, 0.5) is 0 Å². The molecule has 0 N–H and O–H groups in total. The summed E-state index contributed by atoms with van der Waals surface area (Å²) in [5.41, 5.74) is 1.15. The van der Waals surface area contributed by atoms with E-state index in [1.165, 1.54) is 17.0 Å². The summed E-state index contributed by atoms with van der Waals surface area (Å²) < 4.78 is 5.78. The average Bonchev–Trinajstić information content (AvgIpc) is 3.48. The summed E-state index contributed by atoms with van der Waals surface area (Å²) in [4.78, 5) is 33.6. The first-order chi connectivity index (χ1) is 11.7. The molecule has 0 bridgehead atoms. The molecule has 1 aliphatic carbocycles. The van der Waals surface area contributed by atoms with Crippen molar-refractivity contribution in [1.82, 2.24) is 34.2 Å². The van der Waals surface area contributed by atoms with Crippen LogP contribution in [0.2, 0.25) is 0 Å². The Balaban J connectivity index is 1.61. The number of aromatic nitrogens is 5. The molecule has 2 aromatic rings. The minimum Gasteiger partial charge on any atom is -0.365 e. The molecular formula is C14H11N7O2S. The van der Waals surface area contributed by atoms with Crippen molar-refractivity contribution in [2.24, 2.45) is 0 Å². The molecule has 0 amide bonds. The normalized spacial score (nSPS) is 19.9. The molecule has 2 saturated heterocycles. The zero-order valence-electron chi connectivity index (χ0n) is 12.4. The van der Waals surface area contributed by atoms with Gasteiger partial charge in [-0.25, -0.2) is 0 Å². The molecule has 9 nitrogen and oxygen atoms in total. The topological polar surface area (TPSA) is 96.7 Å². The molecule has 0 spiro atoms. The van der Waals surface area contributed by atoms with E-state index >= 15 is 0 Å². The SMILES string of the molecule is O=C1C=C(N2CC2)C(=O)C(c2nsc(-n3ccnn3)n2)=C1N1CC1. The zero-order chi connectivity index (χ0) is 16.3. The van der Waals surface area contributed by atoms with Gasteiger partial charge in [-0.3, -0.25) is 9.59 Å². The van der Waals surface area contributed by atoms with Crippen molar-refractivity contribution in [1.29, 1.82) is 0 Å². The second kappa shape index (κ2) is 4.81. The van der Waals surface area contributed by atoms with E-state index in [-0.39, 0.29) is 17.4 Å². The minimum atomic E-state index is -0.183. The zero-order valence-corrected chi connectivity index (χ0v) is 13.2. The molecule has 0 saturated carbocycles. The van der Waals surface area contributed by atoms with Gasteiger partial charge in [-0.1, -0.05) is 5.21 Å². The van der Waals surface area contributed by atoms with Crippen LogP contribution in [0.5, 0.6) is 0 Å². The first-order valence-electron chi connectivity index (χ1n) is 7.48. The predicted molar refractivity (Wildman–Crippen MR) is 83.0 cm³/mol. The van der Waals surface area contributed by atoms with E-state index in [1.807, 2.05) is 9.80 Å². The Hall–Kier alpha value is -2.88. The molecule has 10 heteroatoms. The Labute approximate surface area is 140 Å². The van der Waals surface area contributed by atoms with Gasteiger partial charge in [0.15, 0.2) is 5.82 Å². The minimum absolute atomic E-state index is 0.152. The van der Waals surface area contributed by atoms with Gasteiger partial charge in [-0.05, 0) is 0 Å². The number of Topliss-reactive ketones (excluding diaryl/α,β-unsaturated/α-hetero) is 1. The van der Waals surface area contributed by atoms with Gasteiger partial charge < -0.3 is 9.80 Å². The first kappa shape index (κ1) is 13.5.